The normalized spacial score (nSPS) is 10.9. The van der Waals surface area contributed by atoms with Gasteiger partial charge in [-0.05, 0) is 29.8 Å². The molecule has 0 bridgehead atoms. The lowest BCUT2D eigenvalue weighted by Gasteiger charge is -2.08. The summed E-state index contributed by atoms with van der Waals surface area (Å²) in [5.74, 6) is 0.819. The lowest BCUT2D eigenvalue weighted by molar-refractivity contribution is -0.114. The third-order valence-corrected chi connectivity index (χ3v) is 4.58. The van der Waals surface area contributed by atoms with Gasteiger partial charge in [-0.3, -0.25) is 9.78 Å². The molecule has 29 heavy (non-hydrogen) atoms. The Balaban J connectivity index is 1.96. The molecule has 0 atom stereocenters. The fourth-order valence-corrected chi connectivity index (χ4v) is 3.29. The number of aromatic nitrogens is 4. The van der Waals surface area contributed by atoms with E-state index in [1.165, 1.54) is 6.92 Å². The van der Waals surface area contributed by atoms with Crippen LogP contribution in [0.3, 0.4) is 0 Å². The first-order valence-corrected chi connectivity index (χ1v) is 9.04. The maximum Gasteiger partial charge on any atom is 0.222 e. The summed E-state index contributed by atoms with van der Waals surface area (Å²) in [6.07, 6.45) is 5.15. The molecule has 4 heterocycles. The van der Waals surface area contributed by atoms with E-state index in [1.54, 1.807) is 31.8 Å². The fourth-order valence-electron chi connectivity index (χ4n) is 3.29. The van der Waals surface area contributed by atoms with Crippen molar-refractivity contribution >= 4 is 22.8 Å². The van der Waals surface area contributed by atoms with E-state index in [0.29, 0.717) is 18.2 Å². The van der Waals surface area contributed by atoms with E-state index in [1.807, 2.05) is 24.3 Å². The van der Waals surface area contributed by atoms with E-state index in [0.717, 1.165) is 39.0 Å². The second kappa shape index (κ2) is 7.69. The molecule has 4 rings (SSSR count). The van der Waals surface area contributed by atoms with Gasteiger partial charge >= 0.3 is 0 Å². The minimum atomic E-state index is -0.182. The van der Waals surface area contributed by atoms with Crippen molar-refractivity contribution < 1.29 is 9.53 Å². The number of anilines is 1. The van der Waals surface area contributed by atoms with Gasteiger partial charge in [-0.25, -0.2) is 9.97 Å². The molecule has 1 amide bonds. The Morgan fingerprint density at radius 1 is 1.14 bits per heavy atom. The van der Waals surface area contributed by atoms with Gasteiger partial charge in [0.25, 0.3) is 0 Å². The maximum absolute atomic E-state index is 11.4. The number of carbonyl (C=O) groups excluding carboxylic acids is 1. The van der Waals surface area contributed by atoms with E-state index in [2.05, 4.69) is 25.3 Å². The molecule has 8 nitrogen and oxygen atoms in total. The van der Waals surface area contributed by atoms with Crippen molar-refractivity contribution in [2.45, 2.75) is 13.5 Å². The number of nitrogens with zero attached hydrogens (tertiary/aromatic N) is 3. The first-order chi connectivity index (χ1) is 14.1. The van der Waals surface area contributed by atoms with Crippen molar-refractivity contribution in [1.82, 2.24) is 19.9 Å². The first-order valence-electron chi connectivity index (χ1n) is 9.04. The third kappa shape index (κ3) is 3.53. The highest BCUT2D eigenvalue weighted by atomic mass is 16.5. The Labute approximate surface area is 167 Å². The van der Waals surface area contributed by atoms with Crippen molar-refractivity contribution in [3.63, 3.8) is 0 Å². The number of pyridine rings is 3. The highest BCUT2D eigenvalue weighted by Crippen LogP contribution is 2.38. The second-order valence-corrected chi connectivity index (χ2v) is 6.47. The van der Waals surface area contributed by atoms with Crippen LogP contribution in [0.1, 0.15) is 12.5 Å². The summed E-state index contributed by atoms with van der Waals surface area (Å²) in [4.78, 5) is 28.0. The molecule has 0 saturated heterocycles. The first kappa shape index (κ1) is 18.6. The number of nitrogens with two attached hydrogens (primary N) is 1. The summed E-state index contributed by atoms with van der Waals surface area (Å²) in [5, 5.41) is 2.72. The number of rotatable bonds is 5. The number of H-pyrrole nitrogens is 1. The molecule has 4 aromatic rings. The number of ether oxygens (including phenoxy) is 1. The van der Waals surface area contributed by atoms with Crippen LogP contribution in [0.15, 0.2) is 48.9 Å². The molecule has 0 aliphatic carbocycles. The molecule has 0 aromatic carbocycles. The summed E-state index contributed by atoms with van der Waals surface area (Å²) in [7, 11) is 1.58. The lowest BCUT2D eigenvalue weighted by Crippen LogP contribution is -2.07. The SMILES string of the molecule is COc1ccc(-c2c(-c3ccnc(NC(C)=O)c3)[nH]c3c(CN)ccnc23)cn1. The molecule has 0 spiro atoms. The molecule has 4 N–H and O–H groups in total. The number of hydrogen-bond acceptors (Lipinski definition) is 6. The van der Waals surface area contributed by atoms with E-state index < -0.39 is 0 Å². The van der Waals surface area contributed by atoms with Crippen LogP contribution < -0.4 is 15.8 Å². The number of methoxy groups -OCH3 is 1. The zero-order chi connectivity index (χ0) is 20.4. The highest BCUT2D eigenvalue weighted by Gasteiger charge is 2.19. The van der Waals surface area contributed by atoms with E-state index in [4.69, 9.17) is 10.5 Å². The van der Waals surface area contributed by atoms with Gasteiger partial charge in [0.1, 0.15) is 5.82 Å². The van der Waals surface area contributed by atoms with Crippen molar-refractivity contribution in [2.24, 2.45) is 5.73 Å². The number of carbonyl (C=O) groups is 1. The molecule has 146 valence electrons. The molecular formula is C21H20N6O2. The van der Waals surface area contributed by atoms with E-state index in [9.17, 15) is 4.79 Å². The Morgan fingerprint density at radius 3 is 2.66 bits per heavy atom. The predicted octanol–water partition coefficient (Wildman–Crippen LogP) is 3.11. The quantitative estimate of drug-likeness (QED) is 0.483. The van der Waals surface area contributed by atoms with E-state index in [-0.39, 0.29) is 5.91 Å². The Morgan fingerprint density at radius 2 is 1.97 bits per heavy atom. The van der Waals surface area contributed by atoms with Crippen LogP contribution in [0.2, 0.25) is 0 Å². The number of nitrogens with one attached hydrogen (secondary N) is 2. The fraction of sp³-hybridized carbons (Fsp3) is 0.143. The molecular weight excluding hydrogens is 368 g/mol. The van der Waals surface area contributed by atoms with Crippen LogP contribution in [0.5, 0.6) is 5.88 Å². The summed E-state index contributed by atoms with van der Waals surface area (Å²) < 4.78 is 5.18. The Hall–Kier alpha value is -3.78. The predicted molar refractivity (Wildman–Crippen MR) is 111 cm³/mol. The van der Waals surface area contributed by atoms with Crippen LogP contribution in [0, 0.1) is 0 Å². The maximum atomic E-state index is 11.4. The summed E-state index contributed by atoms with van der Waals surface area (Å²) in [5.41, 5.74) is 12.0. The molecule has 0 radical (unpaired) electrons. The number of hydrogen-bond donors (Lipinski definition) is 3. The summed E-state index contributed by atoms with van der Waals surface area (Å²) >= 11 is 0. The van der Waals surface area contributed by atoms with Crippen molar-refractivity contribution in [2.75, 3.05) is 12.4 Å². The third-order valence-electron chi connectivity index (χ3n) is 4.58. The molecule has 4 aromatic heterocycles. The van der Waals surface area contributed by atoms with Gasteiger partial charge < -0.3 is 20.8 Å². The van der Waals surface area contributed by atoms with Gasteiger partial charge in [-0.15, -0.1) is 0 Å². The smallest absolute Gasteiger partial charge is 0.222 e. The van der Waals surface area contributed by atoms with Crippen molar-refractivity contribution in [1.29, 1.82) is 0 Å². The van der Waals surface area contributed by atoms with Gasteiger partial charge in [0, 0.05) is 54.8 Å². The zero-order valence-electron chi connectivity index (χ0n) is 16.1. The molecule has 0 unspecified atom stereocenters. The van der Waals surface area contributed by atoms with Crippen molar-refractivity contribution in [3.05, 3.63) is 54.5 Å². The summed E-state index contributed by atoms with van der Waals surface area (Å²) in [6, 6.07) is 9.33. The lowest BCUT2D eigenvalue weighted by atomic mass is 10.0. The number of amides is 1. The topological polar surface area (TPSA) is 119 Å². The summed E-state index contributed by atoms with van der Waals surface area (Å²) in [6.45, 7) is 1.83. The van der Waals surface area contributed by atoms with Crippen LogP contribution in [0.4, 0.5) is 5.82 Å². The minimum Gasteiger partial charge on any atom is -0.481 e. The van der Waals surface area contributed by atoms with E-state index >= 15 is 0 Å². The molecule has 0 aliphatic heterocycles. The molecule has 8 heteroatoms. The number of fused-ring (bicyclic) bond motifs is 1. The van der Waals surface area contributed by atoms with Crippen LogP contribution >= 0.6 is 0 Å². The highest BCUT2D eigenvalue weighted by molar-refractivity contribution is 6.02. The average Bonchev–Trinajstić information content (AvgIpc) is 3.13. The van der Waals surface area contributed by atoms with Gasteiger partial charge in [-0.1, -0.05) is 0 Å². The van der Waals surface area contributed by atoms with Crippen LogP contribution in [-0.4, -0.2) is 33.0 Å². The number of aromatic amines is 1. The van der Waals surface area contributed by atoms with Crippen LogP contribution in [-0.2, 0) is 11.3 Å². The standard InChI is InChI=1S/C21H20N6O2/c1-12(28)26-16-9-13(5-7-23-16)19-18(15-3-4-17(29-2)25-11-15)21-20(27-19)14(10-22)6-8-24-21/h3-9,11,27H,10,22H2,1-2H3,(H,23,26,28). The zero-order valence-corrected chi connectivity index (χ0v) is 16.1. The monoisotopic (exact) mass is 388 g/mol. The average molecular weight is 388 g/mol. The Bertz CT molecular complexity index is 1180. The van der Waals surface area contributed by atoms with Gasteiger partial charge in [0.15, 0.2) is 0 Å². The van der Waals surface area contributed by atoms with Crippen LogP contribution in [0.25, 0.3) is 33.4 Å². The Kier molecular flexibility index (Phi) is 4.92. The van der Waals surface area contributed by atoms with Crippen molar-refractivity contribution in [3.8, 4) is 28.3 Å². The second-order valence-electron chi connectivity index (χ2n) is 6.47. The van der Waals surface area contributed by atoms with Gasteiger partial charge in [0.2, 0.25) is 11.8 Å². The molecule has 0 aliphatic rings. The largest absolute Gasteiger partial charge is 0.481 e. The van der Waals surface area contributed by atoms with Gasteiger partial charge in [0.05, 0.1) is 23.8 Å². The van der Waals surface area contributed by atoms with Gasteiger partial charge in [-0.2, -0.15) is 0 Å². The molecule has 0 saturated carbocycles. The minimum absolute atomic E-state index is 0.182. The molecule has 0 fully saturated rings.